The smallest absolute Gasteiger partial charge is 0.195 e. The lowest BCUT2D eigenvalue weighted by Gasteiger charge is -2.06. The minimum atomic E-state index is -3.51. The van der Waals surface area contributed by atoms with Crippen molar-refractivity contribution >= 4 is 20.9 Å². The van der Waals surface area contributed by atoms with Crippen molar-refractivity contribution in [2.75, 3.05) is 5.75 Å². The molecule has 128 valence electrons. The van der Waals surface area contributed by atoms with E-state index in [1.54, 1.807) is 6.07 Å². The van der Waals surface area contributed by atoms with Crippen LogP contribution in [-0.4, -0.2) is 29.2 Å². The molecule has 0 spiro atoms. The van der Waals surface area contributed by atoms with Crippen molar-refractivity contribution in [3.05, 3.63) is 23.9 Å². The van der Waals surface area contributed by atoms with Gasteiger partial charge in [0, 0.05) is 6.20 Å². The molecule has 24 heavy (non-hydrogen) atoms. The van der Waals surface area contributed by atoms with Gasteiger partial charge in [-0.2, -0.15) is 5.26 Å². The van der Waals surface area contributed by atoms with E-state index >= 15 is 0 Å². The molecule has 2 heterocycles. The Morgan fingerprint density at radius 1 is 1.17 bits per heavy atom. The molecule has 0 fully saturated rings. The maximum absolute atomic E-state index is 12.4. The lowest BCUT2D eigenvalue weighted by Crippen LogP contribution is -2.09. The number of nitriles is 1. The topological polar surface area (TPSA) is 104 Å². The highest BCUT2D eigenvalue weighted by atomic mass is 32.2. The fourth-order valence-electron chi connectivity index (χ4n) is 2.47. The quantitative estimate of drug-likeness (QED) is 0.734. The van der Waals surface area contributed by atoms with Crippen LogP contribution in [0.3, 0.4) is 0 Å². The lowest BCUT2D eigenvalue weighted by molar-refractivity contribution is 0.477. The van der Waals surface area contributed by atoms with Crippen LogP contribution in [0.5, 0.6) is 5.75 Å². The Kier molecular flexibility index (Phi) is 6.10. The molecule has 0 atom stereocenters. The number of hydrogen-bond donors (Lipinski definition) is 1. The fraction of sp³-hybridized carbons (Fsp3) is 0.471. The molecule has 7 heteroatoms. The number of fused-ring (bicyclic) bond motifs is 1. The summed E-state index contributed by atoms with van der Waals surface area (Å²) in [4.78, 5) is 8.03. The zero-order valence-corrected chi connectivity index (χ0v) is 14.5. The van der Waals surface area contributed by atoms with Gasteiger partial charge in [0.05, 0.1) is 11.3 Å². The molecule has 1 N–H and O–H groups in total. The summed E-state index contributed by atoms with van der Waals surface area (Å²) in [5.74, 6) is -0.303. The number of sulfone groups is 1. The monoisotopic (exact) mass is 347 g/mol. The molecule has 0 saturated heterocycles. The van der Waals surface area contributed by atoms with Crippen molar-refractivity contribution in [1.82, 2.24) is 9.97 Å². The van der Waals surface area contributed by atoms with E-state index in [1.807, 2.05) is 0 Å². The van der Waals surface area contributed by atoms with Crippen molar-refractivity contribution in [2.24, 2.45) is 0 Å². The highest BCUT2D eigenvalue weighted by Crippen LogP contribution is 2.26. The van der Waals surface area contributed by atoms with Gasteiger partial charge in [0.1, 0.15) is 17.1 Å². The van der Waals surface area contributed by atoms with Crippen LogP contribution in [0.4, 0.5) is 0 Å². The summed E-state index contributed by atoms with van der Waals surface area (Å²) in [5.41, 5.74) is 0.364. The second kappa shape index (κ2) is 8.06. The predicted molar refractivity (Wildman–Crippen MR) is 91.3 cm³/mol. The van der Waals surface area contributed by atoms with Crippen LogP contribution in [0, 0.1) is 11.3 Å². The SMILES string of the molecule is CCCCCCCCS(=O)(=O)c1ccc2ncc(C#N)c(O)c2n1. The van der Waals surface area contributed by atoms with Crippen molar-refractivity contribution in [2.45, 2.75) is 50.5 Å². The Hall–Kier alpha value is -2.20. The van der Waals surface area contributed by atoms with Gasteiger partial charge in [-0.3, -0.25) is 4.98 Å². The number of aromatic hydroxyl groups is 1. The van der Waals surface area contributed by atoms with Crippen molar-refractivity contribution in [3.63, 3.8) is 0 Å². The summed E-state index contributed by atoms with van der Waals surface area (Å²) in [5, 5.41) is 18.8. The van der Waals surface area contributed by atoms with Gasteiger partial charge >= 0.3 is 0 Å². The third-order valence-corrected chi connectivity index (χ3v) is 5.56. The number of nitrogens with zero attached hydrogens (tertiary/aromatic N) is 3. The highest BCUT2D eigenvalue weighted by Gasteiger charge is 2.18. The van der Waals surface area contributed by atoms with Gasteiger partial charge in [0.25, 0.3) is 0 Å². The summed E-state index contributed by atoms with van der Waals surface area (Å²) >= 11 is 0. The molecule has 0 aliphatic rings. The average Bonchev–Trinajstić information content (AvgIpc) is 2.58. The number of rotatable bonds is 8. The van der Waals surface area contributed by atoms with Crippen LogP contribution in [-0.2, 0) is 9.84 Å². The van der Waals surface area contributed by atoms with Crippen LogP contribution in [0.25, 0.3) is 11.0 Å². The van der Waals surface area contributed by atoms with Crippen LogP contribution >= 0.6 is 0 Å². The largest absolute Gasteiger partial charge is 0.504 e. The first-order valence-electron chi connectivity index (χ1n) is 8.11. The third-order valence-electron chi connectivity index (χ3n) is 3.87. The molecule has 0 aromatic carbocycles. The number of aromatic nitrogens is 2. The molecule has 0 saturated carbocycles. The Balaban J connectivity index is 2.15. The van der Waals surface area contributed by atoms with E-state index in [1.165, 1.54) is 24.8 Å². The van der Waals surface area contributed by atoms with Crippen LogP contribution in [0.15, 0.2) is 23.4 Å². The van der Waals surface area contributed by atoms with Crippen LogP contribution in [0.2, 0.25) is 0 Å². The van der Waals surface area contributed by atoms with E-state index in [4.69, 9.17) is 5.26 Å². The Morgan fingerprint density at radius 3 is 2.58 bits per heavy atom. The van der Waals surface area contributed by atoms with Gasteiger partial charge in [0.2, 0.25) is 0 Å². The molecular formula is C17H21N3O3S. The van der Waals surface area contributed by atoms with Gasteiger partial charge < -0.3 is 5.11 Å². The van der Waals surface area contributed by atoms with E-state index in [9.17, 15) is 13.5 Å². The lowest BCUT2D eigenvalue weighted by atomic mass is 10.1. The van der Waals surface area contributed by atoms with Crippen molar-refractivity contribution in [3.8, 4) is 11.8 Å². The van der Waals surface area contributed by atoms with E-state index in [-0.39, 0.29) is 27.6 Å². The molecule has 0 unspecified atom stereocenters. The molecule has 6 nitrogen and oxygen atoms in total. The van der Waals surface area contributed by atoms with Gasteiger partial charge in [0.15, 0.2) is 20.6 Å². The molecule has 0 aliphatic carbocycles. The normalized spacial score (nSPS) is 11.5. The molecule has 2 rings (SSSR count). The summed E-state index contributed by atoms with van der Waals surface area (Å²) < 4.78 is 24.8. The van der Waals surface area contributed by atoms with Gasteiger partial charge in [-0.25, -0.2) is 13.4 Å². The Morgan fingerprint density at radius 2 is 1.88 bits per heavy atom. The number of unbranched alkanes of at least 4 members (excludes halogenated alkanes) is 5. The summed E-state index contributed by atoms with van der Waals surface area (Å²) in [6, 6.07) is 4.70. The fourth-order valence-corrected chi connectivity index (χ4v) is 3.77. The summed E-state index contributed by atoms with van der Waals surface area (Å²) in [6.07, 6.45) is 7.19. The minimum absolute atomic E-state index is 0.0273. The average molecular weight is 347 g/mol. The van der Waals surface area contributed by atoms with E-state index in [2.05, 4.69) is 16.9 Å². The third kappa shape index (κ3) is 4.20. The maximum atomic E-state index is 12.4. The van der Waals surface area contributed by atoms with Crippen molar-refractivity contribution < 1.29 is 13.5 Å². The molecule has 0 amide bonds. The predicted octanol–water partition coefficient (Wildman–Crippen LogP) is 3.34. The zero-order chi connectivity index (χ0) is 17.6. The molecule has 0 aliphatic heterocycles. The summed E-state index contributed by atoms with van der Waals surface area (Å²) in [7, 11) is -3.51. The van der Waals surface area contributed by atoms with Crippen LogP contribution < -0.4 is 0 Å². The maximum Gasteiger partial charge on any atom is 0.195 e. The zero-order valence-electron chi connectivity index (χ0n) is 13.7. The first-order chi connectivity index (χ1) is 11.5. The van der Waals surface area contributed by atoms with Gasteiger partial charge in [-0.15, -0.1) is 0 Å². The Labute approximate surface area is 142 Å². The number of pyridine rings is 2. The van der Waals surface area contributed by atoms with Crippen LogP contribution in [0.1, 0.15) is 51.0 Å². The Bertz CT molecular complexity index is 857. The minimum Gasteiger partial charge on any atom is -0.504 e. The standard InChI is InChI=1S/C17H21N3O3S/c1-2-3-4-5-6-7-10-24(22,23)15-9-8-14-16(20-15)17(21)13(11-18)12-19-14/h8-9,12H,2-7,10H2,1H3,(H,19,21). The number of hydrogen-bond acceptors (Lipinski definition) is 6. The molecule has 2 aromatic rings. The first kappa shape index (κ1) is 18.1. The first-order valence-corrected chi connectivity index (χ1v) is 9.76. The van der Waals surface area contributed by atoms with Crippen molar-refractivity contribution in [1.29, 1.82) is 5.26 Å². The van der Waals surface area contributed by atoms with E-state index in [0.29, 0.717) is 11.9 Å². The van der Waals surface area contributed by atoms with Gasteiger partial charge in [-0.1, -0.05) is 39.0 Å². The molecule has 2 aromatic heterocycles. The molecular weight excluding hydrogens is 326 g/mol. The van der Waals surface area contributed by atoms with E-state index in [0.717, 1.165) is 25.7 Å². The molecule has 0 bridgehead atoms. The summed E-state index contributed by atoms with van der Waals surface area (Å²) in [6.45, 7) is 2.14. The second-order valence-electron chi connectivity index (χ2n) is 5.74. The van der Waals surface area contributed by atoms with E-state index < -0.39 is 9.84 Å². The highest BCUT2D eigenvalue weighted by molar-refractivity contribution is 7.91. The van der Waals surface area contributed by atoms with Gasteiger partial charge in [-0.05, 0) is 18.6 Å². The molecule has 0 radical (unpaired) electrons. The second-order valence-corrected chi connectivity index (χ2v) is 7.79.